The Morgan fingerprint density at radius 2 is 2.13 bits per heavy atom. The first-order valence-corrected chi connectivity index (χ1v) is 7.35. The van der Waals surface area contributed by atoms with Gasteiger partial charge in [-0.25, -0.2) is 4.79 Å². The molecule has 0 saturated carbocycles. The molecule has 0 fully saturated rings. The molecule has 0 spiro atoms. The zero-order valence-electron chi connectivity index (χ0n) is 13.1. The highest BCUT2D eigenvalue weighted by Gasteiger charge is 2.17. The van der Waals surface area contributed by atoms with Gasteiger partial charge in [-0.3, -0.25) is 4.98 Å². The predicted molar refractivity (Wildman–Crippen MR) is 87.7 cm³/mol. The zero-order valence-corrected chi connectivity index (χ0v) is 13.1. The van der Waals surface area contributed by atoms with Crippen molar-refractivity contribution in [1.82, 2.24) is 9.55 Å². The fourth-order valence-corrected chi connectivity index (χ4v) is 2.95. The number of carboxylic acids is 1. The van der Waals surface area contributed by atoms with Crippen molar-refractivity contribution >= 4 is 16.9 Å². The van der Waals surface area contributed by atoms with E-state index in [-0.39, 0.29) is 5.69 Å². The minimum atomic E-state index is -0.940. The fraction of sp³-hybridized carbons (Fsp3) is 0.222. The van der Waals surface area contributed by atoms with Gasteiger partial charge in [0.1, 0.15) is 5.69 Å². The van der Waals surface area contributed by atoms with Gasteiger partial charge in [-0.15, -0.1) is 0 Å². The van der Waals surface area contributed by atoms with Gasteiger partial charge in [0.15, 0.2) is 0 Å². The monoisotopic (exact) mass is 310 g/mol. The number of carbonyl (C=O) groups is 1. The number of rotatable bonds is 5. The zero-order chi connectivity index (χ0) is 16.4. The van der Waals surface area contributed by atoms with Crippen LogP contribution >= 0.6 is 0 Å². The molecule has 3 rings (SSSR count). The highest BCUT2D eigenvalue weighted by molar-refractivity contribution is 5.96. The molecular formula is C18H18N2O3. The maximum absolute atomic E-state index is 11.6. The van der Waals surface area contributed by atoms with E-state index in [1.54, 1.807) is 19.4 Å². The second kappa shape index (κ2) is 6.22. The number of methoxy groups -OCH3 is 1. The maximum atomic E-state index is 11.6. The summed E-state index contributed by atoms with van der Waals surface area (Å²) in [5, 5.41) is 10.5. The van der Waals surface area contributed by atoms with Crippen molar-refractivity contribution in [3.63, 3.8) is 0 Å². The quantitative estimate of drug-likeness (QED) is 0.786. The molecule has 5 heteroatoms. The molecule has 1 aromatic carbocycles. The van der Waals surface area contributed by atoms with E-state index in [9.17, 15) is 9.90 Å². The number of pyridine rings is 1. The van der Waals surface area contributed by atoms with E-state index >= 15 is 0 Å². The Morgan fingerprint density at radius 1 is 1.30 bits per heavy atom. The van der Waals surface area contributed by atoms with Gasteiger partial charge in [-0.05, 0) is 42.3 Å². The molecule has 1 N–H and O–H groups in total. The molecule has 0 aliphatic rings. The molecule has 23 heavy (non-hydrogen) atoms. The summed E-state index contributed by atoms with van der Waals surface area (Å²) in [4.78, 5) is 15.9. The van der Waals surface area contributed by atoms with Crippen LogP contribution in [0.4, 0.5) is 0 Å². The number of fused-ring (bicyclic) bond motifs is 1. The van der Waals surface area contributed by atoms with Gasteiger partial charge in [-0.2, -0.15) is 0 Å². The van der Waals surface area contributed by atoms with Crippen molar-refractivity contribution in [2.75, 3.05) is 7.11 Å². The molecule has 3 aromatic rings. The Balaban J connectivity index is 2.17. The van der Waals surface area contributed by atoms with Gasteiger partial charge in [0.2, 0.25) is 0 Å². The molecule has 0 atom stereocenters. The third-order valence-corrected chi connectivity index (χ3v) is 3.82. The molecule has 0 bridgehead atoms. The molecule has 0 radical (unpaired) electrons. The van der Waals surface area contributed by atoms with Gasteiger partial charge in [0, 0.05) is 18.7 Å². The smallest absolute Gasteiger partial charge is 0.352 e. The molecule has 0 unspecified atom stereocenters. The largest absolute Gasteiger partial charge is 0.477 e. The summed E-state index contributed by atoms with van der Waals surface area (Å²) in [6.45, 7) is 2.92. The van der Waals surface area contributed by atoms with Crippen LogP contribution in [0.3, 0.4) is 0 Å². The molecular weight excluding hydrogens is 292 g/mol. The van der Waals surface area contributed by atoms with Gasteiger partial charge in [0.05, 0.1) is 24.4 Å². The summed E-state index contributed by atoms with van der Waals surface area (Å²) >= 11 is 0. The summed E-state index contributed by atoms with van der Waals surface area (Å²) in [6.07, 6.45) is 1.71. The number of aromatic carboxylic acids is 1. The lowest BCUT2D eigenvalue weighted by molar-refractivity contribution is 0.0686. The molecule has 0 aliphatic carbocycles. The van der Waals surface area contributed by atoms with E-state index in [0.717, 1.165) is 27.7 Å². The lowest BCUT2D eigenvalue weighted by atomic mass is 10.1. The average molecular weight is 310 g/mol. The third kappa shape index (κ3) is 2.96. The SMILES string of the molecule is COCc1cc(C)c2c(c1)cc(C(=O)O)n2Cc1ccccn1. The molecule has 5 nitrogen and oxygen atoms in total. The Labute approximate surface area is 134 Å². The van der Waals surface area contributed by atoms with Crippen molar-refractivity contribution < 1.29 is 14.6 Å². The van der Waals surface area contributed by atoms with Gasteiger partial charge < -0.3 is 14.4 Å². The van der Waals surface area contributed by atoms with Crippen LogP contribution in [0.25, 0.3) is 10.9 Å². The van der Waals surface area contributed by atoms with E-state index in [2.05, 4.69) is 4.98 Å². The van der Waals surface area contributed by atoms with Crippen LogP contribution in [0.2, 0.25) is 0 Å². The van der Waals surface area contributed by atoms with Crippen molar-refractivity contribution in [2.24, 2.45) is 0 Å². The van der Waals surface area contributed by atoms with Crippen molar-refractivity contribution in [1.29, 1.82) is 0 Å². The number of hydrogen-bond acceptors (Lipinski definition) is 3. The number of nitrogens with zero attached hydrogens (tertiary/aromatic N) is 2. The first-order valence-electron chi connectivity index (χ1n) is 7.35. The molecule has 2 aromatic heterocycles. The van der Waals surface area contributed by atoms with Crippen LogP contribution < -0.4 is 0 Å². The molecule has 2 heterocycles. The maximum Gasteiger partial charge on any atom is 0.352 e. The molecule has 0 amide bonds. The first kappa shape index (κ1) is 15.2. The van der Waals surface area contributed by atoms with Crippen molar-refractivity contribution in [2.45, 2.75) is 20.1 Å². The highest BCUT2D eigenvalue weighted by atomic mass is 16.5. The summed E-state index contributed by atoms with van der Waals surface area (Å²) in [5.74, 6) is -0.940. The topological polar surface area (TPSA) is 64.3 Å². The number of aryl methyl sites for hydroxylation is 1. The number of carboxylic acid groups (broad SMARTS) is 1. The van der Waals surface area contributed by atoms with Crippen LogP contribution in [0, 0.1) is 6.92 Å². The number of hydrogen-bond donors (Lipinski definition) is 1. The number of aromatic nitrogens is 2. The fourth-order valence-electron chi connectivity index (χ4n) is 2.95. The van der Waals surface area contributed by atoms with Crippen LogP contribution in [0.1, 0.15) is 27.3 Å². The van der Waals surface area contributed by atoms with Crippen LogP contribution in [0.5, 0.6) is 0 Å². The summed E-state index contributed by atoms with van der Waals surface area (Å²) < 4.78 is 6.99. The van der Waals surface area contributed by atoms with E-state index in [4.69, 9.17) is 4.74 Å². The molecule has 0 aliphatic heterocycles. The second-order valence-electron chi connectivity index (χ2n) is 5.53. The normalized spacial score (nSPS) is 11.0. The average Bonchev–Trinajstić information content (AvgIpc) is 2.88. The van der Waals surface area contributed by atoms with E-state index < -0.39 is 5.97 Å². The summed E-state index contributed by atoms with van der Waals surface area (Å²) in [6, 6.07) is 11.4. The summed E-state index contributed by atoms with van der Waals surface area (Å²) in [5.41, 5.74) is 4.08. The summed E-state index contributed by atoms with van der Waals surface area (Å²) in [7, 11) is 1.65. The Hall–Kier alpha value is -2.66. The second-order valence-corrected chi connectivity index (χ2v) is 5.53. The lowest BCUT2D eigenvalue weighted by Crippen LogP contribution is -2.10. The number of benzene rings is 1. The Morgan fingerprint density at radius 3 is 2.78 bits per heavy atom. The highest BCUT2D eigenvalue weighted by Crippen LogP contribution is 2.26. The van der Waals surface area contributed by atoms with Crippen LogP contribution in [-0.2, 0) is 17.9 Å². The number of ether oxygens (including phenoxy) is 1. The predicted octanol–water partition coefficient (Wildman–Crippen LogP) is 3.24. The molecule has 0 saturated heterocycles. The third-order valence-electron chi connectivity index (χ3n) is 3.82. The first-order chi connectivity index (χ1) is 11.1. The molecule has 118 valence electrons. The van der Waals surface area contributed by atoms with Gasteiger partial charge >= 0.3 is 5.97 Å². The lowest BCUT2D eigenvalue weighted by Gasteiger charge is -2.11. The van der Waals surface area contributed by atoms with E-state index in [1.165, 1.54) is 0 Å². The van der Waals surface area contributed by atoms with Crippen molar-refractivity contribution in [3.05, 3.63) is 65.1 Å². The van der Waals surface area contributed by atoms with E-state index in [0.29, 0.717) is 13.2 Å². The Kier molecular flexibility index (Phi) is 4.12. The van der Waals surface area contributed by atoms with Crippen LogP contribution in [-0.4, -0.2) is 27.7 Å². The van der Waals surface area contributed by atoms with Gasteiger partial charge in [-0.1, -0.05) is 12.1 Å². The van der Waals surface area contributed by atoms with Gasteiger partial charge in [0.25, 0.3) is 0 Å². The van der Waals surface area contributed by atoms with Crippen LogP contribution in [0.15, 0.2) is 42.6 Å². The standard InChI is InChI=1S/C18H18N2O3/c1-12-7-13(11-23-2)8-14-9-16(18(21)22)20(17(12)14)10-15-5-3-4-6-19-15/h3-9H,10-11H2,1-2H3,(H,21,22). The minimum Gasteiger partial charge on any atom is -0.477 e. The Bertz CT molecular complexity index is 854. The minimum absolute atomic E-state index is 0.267. The van der Waals surface area contributed by atoms with Crippen molar-refractivity contribution in [3.8, 4) is 0 Å². The van der Waals surface area contributed by atoms with E-state index in [1.807, 2.05) is 41.8 Å².